The van der Waals surface area contributed by atoms with Crippen LogP contribution in [0.3, 0.4) is 0 Å². The first kappa shape index (κ1) is 17.0. The summed E-state index contributed by atoms with van der Waals surface area (Å²) in [5.41, 5.74) is 1.89. The van der Waals surface area contributed by atoms with Crippen LogP contribution in [0.1, 0.15) is 41.1 Å². The van der Waals surface area contributed by atoms with Gasteiger partial charge in [-0.3, -0.25) is 19.4 Å². The second kappa shape index (κ2) is 6.71. The van der Waals surface area contributed by atoms with E-state index in [4.69, 9.17) is 4.52 Å². The number of fused-ring (bicyclic) bond motifs is 1. The fraction of sp³-hybridized carbons (Fsp3) is 0.647. The number of nitrogens with zero attached hydrogens (tertiary/aromatic N) is 4. The standard InChI is InChI=1S/C17H23N5O4/c1-20-14(23)10-13(18-17(20)25)21-6-8-22(9-7-21)16(24)15-11-4-2-3-5-12(11)19-26-15/h13H,2-10H2,1H3,(H,18,25). The summed E-state index contributed by atoms with van der Waals surface area (Å²) in [7, 11) is 1.47. The monoisotopic (exact) mass is 361 g/mol. The van der Waals surface area contributed by atoms with Crippen LogP contribution >= 0.6 is 0 Å². The number of aromatic nitrogens is 1. The van der Waals surface area contributed by atoms with Gasteiger partial charge in [-0.2, -0.15) is 0 Å². The van der Waals surface area contributed by atoms with Gasteiger partial charge in [0.25, 0.3) is 5.91 Å². The van der Waals surface area contributed by atoms with Crippen molar-refractivity contribution in [1.29, 1.82) is 0 Å². The molecule has 1 unspecified atom stereocenters. The van der Waals surface area contributed by atoms with Crippen molar-refractivity contribution >= 4 is 17.8 Å². The van der Waals surface area contributed by atoms with Crippen LogP contribution in [0.25, 0.3) is 0 Å². The van der Waals surface area contributed by atoms with Crippen LogP contribution in [0.15, 0.2) is 4.52 Å². The van der Waals surface area contributed by atoms with Gasteiger partial charge < -0.3 is 14.7 Å². The Kier molecular flexibility index (Phi) is 4.39. The van der Waals surface area contributed by atoms with E-state index in [1.54, 1.807) is 4.90 Å². The molecule has 1 aromatic rings. The third-order valence-corrected chi connectivity index (χ3v) is 5.53. The zero-order chi connectivity index (χ0) is 18.3. The molecule has 2 aliphatic heterocycles. The quantitative estimate of drug-likeness (QED) is 0.808. The first-order valence-corrected chi connectivity index (χ1v) is 9.12. The van der Waals surface area contributed by atoms with Crippen LogP contribution in [-0.4, -0.2) is 77.1 Å². The lowest BCUT2D eigenvalue weighted by Crippen LogP contribution is -2.62. The molecule has 9 nitrogen and oxygen atoms in total. The lowest BCUT2D eigenvalue weighted by molar-refractivity contribution is -0.130. The minimum absolute atomic E-state index is 0.108. The molecular weight excluding hydrogens is 338 g/mol. The second-order valence-electron chi connectivity index (χ2n) is 7.09. The summed E-state index contributed by atoms with van der Waals surface area (Å²) in [6, 6.07) is -0.377. The Bertz CT molecular complexity index is 720. The van der Waals surface area contributed by atoms with Crippen LogP contribution in [0.5, 0.6) is 0 Å². The van der Waals surface area contributed by atoms with Crippen LogP contribution in [0, 0.1) is 0 Å². The molecule has 2 saturated heterocycles. The molecule has 1 N–H and O–H groups in total. The Morgan fingerprint density at radius 1 is 1.15 bits per heavy atom. The lowest BCUT2D eigenvalue weighted by Gasteiger charge is -2.41. The molecule has 0 radical (unpaired) electrons. The molecule has 4 amide bonds. The van der Waals surface area contributed by atoms with Crippen LogP contribution in [0.2, 0.25) is 0 Å². The Morgan fingerprint density at radius 3 is 2.62 bits per heavy atom. The summed E-state index contributed by atoms with van der Waals surface area (Å²) in [6.45, 7) is 2.27. The third kappa shape index (κ3) is 2.96. The first-order valence-electron chi connectivity index (χ1n) is 9.12. The number of piperazine rings is 1. The topological polar surface area (TPSA) is 99.0 Å². The Balaban J connectivity index is 1.38. The van der Waals surface area contributed by atoms with Gasteiger partial charge >= 0.3 is 6.03 Å². The van der Waals surface area contributed by atoms with E-state index in [9.17, 15) is 14.4 Å². The normalized spacial score (nSPS) is 24.4. The number of amides is 4. The number of rotatable bonds is 2. The average molecular weight is 361 g/mol. The number of carbonyl (C=O) groups is 3. The number of aryl methyl sites for hydroxylation is 1. The van der Waals surface area contributed by atoms with E-state index in [0.29, 0.717) is 31.9 Å². The number of urea groups is 1. The SMILES string of the molecule is CN1C(=O)CC(N2CCN(C(=O)c3onc4c3CCCC4)CC2)NC1=O. The zero-order valence-corrected chi connectivity index (χ0v) is 14.9. The van der Waals surface area contributed by atoms with Crippen molar-refractivity contribution in [3.63, 3.8) is 0 Å². The van der Waals surface area contributed by atoms with E-state index < -0.39 is 0 Å². The van der Waals surface area contributed by atoms with Crippen LogP contribution in [0.4, 0.5) is 4.79 Å². The maximum absolute atomic E-state index is 12.8. The molecule has 2 fully saturated rings. The molecule has 3 heterocycles. The van der Waals surface area contributed by atoms with E-state index in [2.05, 4.69) is 10.5 Å². The van der Waals surface area contributed by atoms with Gasteiger partial charge in [-0.1, -0.05) is 5.16 Å². The zero-order valence-electron chi connectivity index (χ0n) is 14.9. The summed E-state index contributed by atoms with van der Waals surface area (Å²) < 4.78 is 5.35. The largest absolute Gasteiger partial charge is 0.350 e. The Morgan fingerprint density at radius 2 is 1.88 bits per heavy atom. The number of hydrogen-bond donors (Lipinski definition) is 1. The van der Waals surface area contributed by atoms with Crippen molar-refractivity contribution in [2.75, 3.05) is 33.2 Å². The van der Waals surface area contributed by atoms with Gasteiger partial charge in [-0.05, 0) is 25.7 Å². The fourth-order valence-corrected chi connectivity index (χ4v) is 3.87. The fourth-order valence-electron chi connectivity index (χ4n) is 3.87. The molecule has 1 aromatic heterocycles. The molecule has 0 saturated carbocycles. The van der Waals surface area contributed by atoms with Crippen molar-refractivity contribution in [3.05, 3.63) is 17.0 Å². The van der Waals surface area contributed by atoms with Crippen molar-refractivity contribution in [1.82, 2.24) is 25.2 Å². The first-order chi connectivity index (χ1) is 12.5. The molecule has 9 heteroatoms. The van der Waals surface area contributed by atoms with Gasteiger partial charge in [-0.15, -0.1) is 0 Å². The predicted octanol–water partition coefficient (Wildman–Crippen LogP) is 0.209. The molecular formula is C17H23N5O4. The molecule has 1 atom stereocenters. The minimum Gasteiger partial charge on any atom is -0.350 e. The van der Waals surface area contributed by atoms with Crippen molar-refractivity contribution in [2.45, 2.75) is 38.3 Å². The minimum atomic E-state index is -0.377. The molecule has 0 spiro atoms. The van der Waals surface area contributed by atoms with Gasteiger partial charge in [0.2, 0.25) is 11.7 Å². The predicted molar refractivity (Wildman–Crippen MR) is 90.3 cm³/mol. The summed E-state index contributed by atoms with van der Waals surface area (Å²) in [4.78, 5) is 41.4. The number of nitrogens with one attached hydrogen (secondary N) is 1. The number of imide groups is 1. The Hall–Kier alpha value is -2.42. The highest BCUT2D eigenvalue weighted by atomic mass is 16.5. The molecule has 3 aliphatic rings. The molecule has 26 heavy (non-hydrogen) atoms. The van der Waals surface area contributed by atoms with Gasteiger partial charge in [-0.25, -0.2) is 4.79 Å². The summed E-state index contributed by atoms with van der Waals surface area (Å²) in [5.74, 6) is 0.0882. The molecule has 0 aromatic carbocycles. The maximum atomic E-state index is 12.8. The third-order valence-electron chi connectivity index (χ3n) is 5.53. The lowest BCUT2D eigenvalue weighted by atomic mass is 9.96. The van der Waals surface area contributed by atoms with Crippen molar-refractivity contribution in [2.24, 2.45) is 0 Å². The summed E-state index contributed by atoms with van der Waals surface area (Å²) in [6.07, 6.45) is 3.83. The van der Waals surface area contributed by atoms with E-state index in [1.165, 1.54) is 7.05 Å². The summed E-state index contributed by atoms with van der Waals surface area (Å²) in [5, 5.41) is 6.90. The molecule has 140 valence electrons. The molecule has 0 bridgehead atoms. The van der Waals surface area contributed by atoms with E-state index in [0.717, 1.165) is 41.8 Å². The molecule has 1 aliphatic carbocycles. The Labute approximate surface area is 151 Å². The molecule has 4 rings (SSSR count). The van der Waals surface area contributed by atoms with Crippen LogP contribution < -0.4 is 5.32 Å². The van der Waals surface area contributed by atoms with E-state index in [-0.39, 0.29) is 30.4 Å². The summed E-state index contributed by atoms with van der Waals surface area (Å²) >= 11 is 0. The number of hydrogen-bond acceptors (Lipinski definition) is 6. The van der Waals surface area contributed by atoms with Gasteiger partial charge in [0.05, 0.1) is 18.3 Å². The van der Waals surface area contributed by atoms with E-state index >= 15 is 0 Å². The van der Waals surface area contributed by atoms with Gasteiger partial charge in [0, 0.05) is 38.8 Å². The van der Waals surface area contributed by atoms with Crippen molar-refractivity contribution in [3.8, 4) is 0 Å². The smallest absolute Gasteiger partial charge is 0.325 e. The number of carbonyl (C=O) groups excluding carboxylic acids is 3. The maximum Gasteiger partial charge on any atom is 0.325 e. The van der Waals surface area contributed by atoms with E-state index in [1.807, 2.05) is 4.90 Å². The van der Waals surface area contributed by atoms with Crippen LogP contribution in [-0.2, 0) is 17.6 Å². The highest BCUT2D eigenvalue weighted by Gasteiger charge is 2.36. The highest BCUT2D eigenvalue weighted by molar-refractivity contribution is 5.97. The van der Waals surface area contributed by atoms with Gasteiger partial charge in [0.15, 0.2) is 0 Å². The second-order valence-corrected chi connectivity index (χ2v) is 7.09. The van der Waals surface area contributed by atoms with Crippen molar-refractivity contribution < 1.29 is 18.9 Å². The van der Waals surface area contributed by atoms with Gasteiger partial charge in [0.1, 0.15) is 0 Å². The highest BCUT2D eigenvalue weighted by Crippen LogP contribution is 2.25. The average Bonchev–Trinajstić information content (AvgIpc) is 3.09.